The maximum absolute atomic E-state index is 4.13. The zero-order valence-electron chi connectivity index (χ0n) is 9.38. The fourth-order valence-corrected chi connectivity index (χ4v) is 2.07. The summed E-state index contributed by atoms with van der Waals surface area (Å²) in [6, 6.07) is 18.7. The van der Waals surface area contributed by atoms with Crippen molar-refractivity contribution in [3.8, 4) is 0 Å². The van der Waals surface area contributed by atoms with Crippen LogP contribution in [-0.4, -0.2) is 10.2 Å². The molecule has 2 aromatic carbocycles. The van der Waals surface area contributed by atoms with Gasteiger partial charge in [-0.2, -0.15) is 10.2 Å². The third-order valence-corrected chi connectivity index (χ3v) is 2.88. The highest BCUT2D eigenvalue weighted by atomic mass is 15.1. The summed E-state index contributed by atoms with van der Waals surface area (Å²) in [5.41, 5.74) is 2.30. The third-order valence-electron chi connectivity index (χ3n) is 2.88. The molecule has 2 nitrogen and oxygen atoms in total. The van der Waals surface area contributed by atoms with Crippen LogP contribution in [0.2, 0.25) is 0 Å². The number of hydrogen-bond donors (Lipinski definition) is 0. The van der Waals surface area contributed by atoms with Crippen molar-refractivity contribution in [2.75, 3.05) is 0 Å². The van der Waals surface area contributed by atoms with Crippen LogP contribution in [0.4, 0.5) is 0 Å². The van der Waals surface area contributed by atoms with Gasteiger partial charge in [0.15, 0.2) is 0 Å². The molecule has 1 heterocycles. The van der Waals surface area contributed by atoms with Gasteiger partial charge in [-0.3, -0.25) is 0 Å². The molecule has 17 heavy (non-hydrogen) atoms. The number of nitrogens with zero attached hydrogens (tertiary/aromatic N) is 2. The van der Waals surface area contributed by atoms with E-state index in [0.29, 0.717) is 0 Å². The summed E-state index contributed by atoms with van der Waals surface area (Å²) in [5.74, 6) is 0. The lowest BCUT2D eigenvalue weighted by molar-refractivity contribution is 0.940. The second-order valence-corrected chi connectivity index (χ2v) is 4.03. The van der Waals surface area contributed by atoms with Crippen molar-refractivity contribution in [2.45, 2.75) is 6.42 Å². The summed E-state index contributed by atoms with van der Waals surface area (Å²) < 4.78 is 0. The minimum atomic E-state index is 0.829. The molecule has 0 aliphatic heterocycles. The van der Waals surface area contributed by atoms with Crippen LogP contribution in [0, 0.1) is 0 Å². The van der Waals surface area contributed by atoms with E-state index in [2.05, 4.69) is 52.7 Å². The smallest absolute Gasteiger partial charge is 0.0675 e. The van der Waals surface area contributed by atoms with Gasteiger partial charge in [0.1, 0.15) is 0 Å². The molecule has 0 aliphatic rings. The molecule has 0 aliphatic carbocycles. The van der Waals surface area contributed by atoms with Crippen molar-refractivity contribution in [1.82, 2.24) is 10.2 Å². The van der Waals surface area contributed by atoms with E-state index in [1.165, 1.54) is 16.3 Å². The Morgan fingerprint density at radius 1 is 0.824 bits per heavy atom. The molecule has 82 valence electrons. The van der Waals surface area contributed by atoms with Crippen LogP contribution >= 0.6 is 0 Å². The minimum absolute atomic E-state index is 0.829. The van der Waals surface area contributed by atoms with Crippen LogP contribution in [0.5, 0.6) is 0 Å². The molecule has 0 amide bonds. The van der Waals surface area contributed by atoms with Gasteiger partial charge >= 0.3 is 0 Å². The zero-order chi connectivity index (χ0) is 11.5. The van der Waals surface area contributed by atoms with Crippen molar-refractivity contribution in [2.24, 2.45) is 0 Å². The molecule has 2 heteroatoms. The summed E-state index contributed by atoms with van der Waals surface area (Å²) in [6.45, 7) is 0. The lowest BCUT2D eigenvalue weighted by Gasteiger charge is -2.05. The van der Waals surface area contributed by atoms with E-state index in [-0.39, 0.29) is 0 Å². The summed E-state index contributed by atoms with van der Waals surface area (Å²) >= 11 is 0. The molecular formula is C15H12N2. The standard InChI is InChI=1S/C15H12N2/c1-2-9-15-12(5-1)6-3-7-13(15)11-14-8-4-10-16-17-14/h1-10H,11H2. The Morgan fingerprint density at radius 3 is 2.59 bits per heavy atom. The van der Waals surface area contributed by atoms with Crippen molar-refractivity contribution in [3.05, 3.63) is 72.1 Å². The van der Waals surface area contributed by atoms with Crippen molar-refractivity contribution in [1.29, 1.82) is 0 Å². The third kappa shape index (κ3) is 2.02. The predicted octanol–water partition coefficient (Wildman–Crippen LogP) is 3.22. The van der Waals surface area contributed by atoms with Gasteiger partial charge in [-0.25, -0.2) is 0 Å². The average molecular weight is 220 g/mol. The molecule has 0 atom stereocenters. The van der Waals surface area contributed by atoms with E-state index in [0.717, 1.165) is 12.1 Å². The lowest BCUT2D eigenvalue weighted by atomic mass is 10.0. The molecule has 3 rings (SSSR count). The molecular weight excluding hydrogens is 208 g/mol. The van der Waals surface area contributed by atoms with E-state index in [4.69, 9.17) is 0 Å². The number of aromatic nitrogens is 2. The molecule has 0 fully saturated rings. The number of benzene rings is 2. The first-order valence-electron chi connectivity index (χ1n) is 5.67. The topological polar surface area (TPSA) is 25.8 Å². The number of hydrogen-bond acceptors (Lipinski definition) is 2. The van der Waals surface area contributed by atoms with E-state index in [1.54, 1.807) is 6.20 Å². The molecule has 0 N–H and O–H groups in total. The van der Waals surface area contributed by atoms with Gasteiger partial charge < -0.3 is 0 Å². The molecule has 0 saturated heterocycles. The van der Waals surface area contributed by atoms with E-state index >= 15 is 0 Å². The summed E-state index contributed by atoms with van der Waals surface area (Å²) in [6.07, 6.45) is 2.53. The second-order valence-electron chi connectivity index (χ2n) is 4.03. The highest BCUT2D eigenvalue weighted by Gasteiger charge is 2.02. The Morgan fingerprint density at radius 2 is 1.71 bits per heavy atom. The van der Waals surface area contributed by atoms with Gasteiger partial charge in [0.05, 0.1) is 5.69 Å². The summed E-state index contributed by atoms with van der Waals surface area (Å²) in [4.78, 5) is 0. The fraction of sp³-hybridized carbons (Fsp3) is 0.0667. The number of fused-ring (bicyclic) bond motifs is 1. The Labute approximate surface area is 99.9 Å². The van der Waals surface area contributed by atoms with Crippen molar-refractivity contribution in [3.63, 3.8) is 0 Å². The molecule has 0 radical (unpaired) electrons. The first-order valence-corrected chi connectivity index (χ1v) is 5.67. The average Bonchev–Trinajstić information content (AvgIpc) is 2.40. The largest absolute Gasteiger partial charge is 0.159 e. The van der Waals surface area contributed by atoms with Gasteiger partial charge in [0.2, 0.25) is 0 Å². The maximum atomic E-state index is 4.13. The second kappa shape index (κ2) is 4.34. The lowest BCUT2D eigenvalue weighted by Crippen LogP contribution is -1.94. The van der Waals surface area contributed by atoms with Crippen LogP contribution in [0.3, 0.4) is 0 Å². The van der Waals surface area contributed by atoms with Gasteiger partial charge in [-0.05, 0) is 28.5 Å². The van der Waals surface area contributed by atoms with Crippen LogP contribution in [0.15, 0.2) is 60.8 Å². The van der Waals surface area contributed by atoms with Crippen LogP contribution in [0.25, 0.3) is 10.8 Å². The molecule has 0 saturated carbocycles. The zero-order valence-corrected chi connectivity index (χ0v) is 9.38. The van der Waals surface area contributed by atoms with Gasteiger partial charge in [0, 0.05) is 12.6 Å². The summed E-state index contributed by atoms with van der Waals surface area (Å²) in [7, 11) is 0. The van der Waals surface area contributed by atoms with Crippen molar-refractivity contribution < 1.29 is 0 Å². The Bertz CT molecular complexity index is 627. The van der Waals surface area contributed by atoms with Gasteiger partial charge in [0.25, 0.3) is 0 Å². The Balaban J connectivity index is 2.06. The van der Waals surface area contributed by atoms with Crippen LogP contribution < -0.4 is 0 Å². The predicted molar refractivity (Wildman–Crippen MR) is 68.8 cm³/mol. The monoisotopic (exact) mass is 220 g/mol. The molecule has 0 bridgehead atoms. The molecule has 0 spiro atoms. The molecule has 1 aromatic heterocycles. The normalized spacial score (nSPS) is 10.6. The SMILES string of the molecule is c1cnnc(Cc2cccc3ccccc23)c1. The minimum Gasteiger partial charge on any atom is -0.159 e. The van der Waals surface area contributed by atoms with Crippen LogP contribution in [0.1, 0.15) is 11.3 Å². The maximum Gasteiger partial charge on any atom is 0.0675 e. The quantitative estimate of drug-likeness (QED) is 0.662. The Kier molecular flexibility index (Phi) is 2.54. The Hall–Kier alpha value is -2.22. The summed E-state index contributed by atoms with van der Waals surface area (Å²) in [5, 5.41) is 10.6. The van der Waals surface area contributed by atoms with Gasteiger partial charge in [-0.15, -0.1) is 0 Å². The number of rotatable bonds is 2. The van der Waals surface area contributed by atoms with E-state index in [1.807, 2.05) is 12.1 Å². The van der Waals surface area contributed by atoms with E-state index < -0.39 is 0 Å². The molecule has 0 unspecified atom stereocenters. The van der Waals surface area contributed by atoms with Gasteiger partial charge in [-0.1, -0.05) is 42.5 Å². The van der Waals surface area contributed by atoms with E-state index in [9.17, 15) is 0 Å². The van der Waals surface area contributed by atoms with Crippen molar-refractivity contribution >= 4 is 10.8 Å². The fourth-order valence-electron chi connectivity index (χ4n) is 2.07. The first kappa shape index (κ1) is 9.97. The van der Waals surface area contributed by atoms with Crippen LogP contribution in [-0.2, 0) is 6.42 Å². The molecule has 3 aromatic rings. The first-order chi connectivity index (χ1) is 8.43. The highest BCUT2D eigenvalue weighted by Crippen LogP contribution is 2.20. The highest BCUT2D eigenvalue weighted by molar-refractivity contribution is 5.85.